The molecule has 5 aromatic rings. The smallest absolute Gasteiger partial charge is 0.355 e. The Hall–Kier alpha value is -6.53. The number of thiazole rings is 1. The summed E-state index contributed by atoms with van der Waals surface area (Å²) in [6, 6.07) is 35.7. The molecule has 8 rings (SSSR count). The monoisotopic (exact) mass is 888 g/mol. The fourth-order valence-corrected chi connectivity index (χ4v) is 9.81. The molecule has 4 heterocycles. The van der Waals surface area contributed by atoms with Crippen molar-refractivity contribution in [2.45, 2.75) is 49.1 Å². The summed E-state index contributed by atoms with van der Waals surface area (Å²) in [5.41, 5.74) is 3.00. The van der Waals surface area contributed by atoms with Crippen molar-refractivity contribution >= 4 is 57.7 Å². The third kappa shape index (κ3) is 8.90. The second kappa shape index (κ2) is 18.8. The average molecular weight is 889 g/mol. The molecule has 63 heavy (non-hydrogen) atoms. The predicted molar refractivity (Wildman–Crippen MR) is 237 cm³/mol. The van der Waals surface area contributed by atoms with Gasteiger partial charge in [0.2, 0.25) is 6.10 Å². The highest BCUT2D eigenvalue weighted by molar-refractivity contribution is 8.00. The molecule has 2 fully saturated rings. The lowest BCUT2D eigenvalue weighted by Gasteiger charge is -2.50. The molecule has 324 valence electrons. The molecule has 3 N–H and O–H groups in total. The molecule has 0 bridgehead atoms. The summed E-state index contributed by atoms with van der Waals surface area (Å²) in [4.78, 5) is 71.6. The van der Waals surface area contributed by atoms with Gasteiger partial charge < -0.3 is 30.1 Å². The number of β-lactam (4-membered cyclic amide) rings is 1. The summed E-state index contributed by atoms with van der Waals surface area (Å²) in [7, 11) is 3.36. The van der Waals surface area contributed by atoms with E-state index in [1.807, 2.05) is 91.0 Å². The third-order valence-corrected chi connectivity index (χ3v) is 13.0. The molecule has 0 saturated carbocycles. The fraction of sp³-hybridized carbons (Fsp3) is 0.261. The van der Waals surface area contributed by atoms with E-state index in [9.17, 15) is 24.3 Å². The van der Waals surface area contributed by atoms with Crippen molar-refractivity contribution in [3.8, 4) is 5.75 Å². The highest BCUT2D eigenvalue weighted by Crippen LogP contribution is 2.44. The molecule has 0 spiro atoms. The van der Waals surface area contributed by atoms with Gasteiger partial charge in [-0.15, -0.1) is 23.1 Å². The van der Waals surface area contributed by atoms with Crippen LogP contribution in [0.2, 0.25) is 0 Å². The number of thioether (sulfide) groups is 1. The number of hydrogen-bond acceptors (Lipinski definition) is 14. The summed E-state index contributed by atoms with van der Waals surface area (Å²) < 4.78 is 11.0. The van der Waals surface area contributed by atoms with Crippen LogP contribution in [-0.4, -0.2) is 99.6 Å². The largest absolute Gasteiger partial charge is 0.497 e. The van der Waals surface area contributed by atoms with Crippen LogP contribution in [0.4, 0.5) is 5.13 Å². The van der Waals surface area contributed by atoms with Crippen LogP contribution >= 0.6 is 23.1 Å². The van der Waals surface area contributed by atoms with Crippen molar-refractivity contribution in [3.05, 3.63) is 160 Å². The van der Waals surface area contributed by atoms with Crippen molar-refractivity contribution in [2.24, 2.45) is 5.16 Å². The number of hydrogen-bond donors (Lipinski definition) is 3. The van der Waals surface area contributed by atoms with Crippen molar-refractivity contribution < 1.29 is 43.4 Å². The number of anilines is 1. The number of oxime groups is 1. The number of esters is 1. The first-order valence-electron chi connectivity index (χ1n) is 20.1. The number of aliphatic carboxylic acids is 1. The number of fused-ring (bicyclic) bond motifs is 1. The lowest BCUT2D eigenvalue weighted by Crippen LogP contribution is -2.71. The molecule has 3 aliphatic heterocycles. The molecule has 0 aliphatic carbocycles. The highest BCUT2D eigenvalue weighted by Gasteiger charge is 2.56. The molecule has 0 radical (unpaired) electrons. The maximum absolute atomic E-state index is 14.3. The van der Waals surface area contributed by atoms with E-state index < -0.39 is 52.9 Å². The maximum Gasteiger partial charge on any atom is 0.355 e. The number of carboxylic acids is 1. The second-order valence-electron chi connectivity index (χ2n) is 14.9. The Balaban J connectivity index is 1.07. The fourth-order valence-electron chi connectivity index (χ4n) is 7.65. The standard InChI is InChI=1S/C46H44N6O9S2/c1-28(43(55)56)60-50-37(35-27-63-45(47-35)49-46(30-13-7-4-8-14-30,31-15-9-5-10-16-31)32-17-11-6-12-18-32)40(53)48-38-41(54)52-39(34(26-62-42(38)52)36-23-24-51(2)61-36)44(57)59-25-29-19-21-33(58-3)22-20-29/h4-22,27-28,36,38,42H,23-26H2,1-3H3,(H,47,49)(H,48,53)(H,55,56)/b50-37-/t28?,36-,38?,42?/m0/s1. The highest BCUT2D eigenvalue weighted by atomic mass is 32.2. The zero-order chi connectivity index (χ0) is 44.1. The van der Waals surface area contributed by atoms with E-state index in [1.165, 1.54) is 34.9 Å². The number of aromatic nitrogens is 1. The molecular formula is C46H44N6O9S2. The minimum Gasteiger partial charge on any atom is -0.497 e. The second-order valence-corrected chi connectivity index (χ2v) is 16.9. The number of nitrogens with one attached hydrogen (secondary N) is 2. The van der Waals surface area contributed by atoms with Crippen molar-refractivity contribution in [1.29, 1.82) is 0 Å². The van der Waals surface area contributed by atoms with Crippen LogP contribution in [0.3, 0.4) is 0 Å². The summed E-state index contributed by atoms with van der Waals surface area (Å²) in [5.74, 6) is -2.38. The van der Waals surface area contributed by atoms with Gasteiger partial charge in [0.05, 0.1) is 7.11 Å². The number of carbonyl (C=O) groups excluding carboxylic acids is 3. The zero-order valence-corrected chi connectivity index (χ0v) is 36.1. The topological polar surface area (TPSA) is 181 Å². The van der Waals surface area contributed by atoms with Crippen molar-refractivity contribution in [2.75, 3.05) is 31.8 Å². The van der Waals surface area contributed by atoms with Gasteiger partial charge in [-0.1, -0.05) is 108 Å². The minimum absolute atomic E-state index is 0.0483. The van der Waals surface area contributed by atoms with Crippen LogP contribution in [0.1, 0.15) is 41.3 Å². The molecule has 15 nitrogen and oxygen atoms in total. The predicted octanol–water partition coefficient (Wildman–Crippen LogP) is 5.78. The van der Waals surface area contributed by atoms with Crippen LogP contribution in [0.15, 0.2) is 137 Å². The van der Waals surface area contributed by atoms with Gasteiger partial charge in [-0.3, -0.25) is 19.3 Å². The summed E-state index contributed by atoms with van der Waals surface area (Å²) >= 11 is 2.59. The van der Waals surface area contributed by atoms with Crippen LogP contribution in [0.25, 0.3) is 0 Å². The maximum atomic E-state index is 14.3. The van der Waals surface area contributed by atoms with E-state index in [2.05, 4.69) is 15.8 Å². The Morgan fingerprint density at radius 3 is 2.13 bits per heavy atom. The number of hydroxylamine groups is 2. The van der Waals surface area contributed by atoms with Crippen LogP contribution in [-0.2, 0) is 45.7 Å². The number of methoxy groups -OCH3 is 1. The Morgan fingerprint density at radius 2 is 1.57 bits per heavy atom. The van der Waals surface area contributed by atoms with Crippen LogP contribution in [0, 0.1) is 0 Å². The lowest BCUT2D eigenvalue weighted by atomic mass is 9.77. The molecule has 3 unspecified atom stereocenters. The molecule has 1 aromatic heterocycles. The van der Waals surface area contributed by atoms with E-state index in [0.29, 0.717) is 35.2 Å². The van der Waals surface area contributed by atoms with Gasteiger partial charge in [0.25, 0.3) is 11.8 Å². The molecular weight excluding hydrogens is 845 g/mol. The summed E-state index contributed by atoms with van der Waals surface area (Å²) in [6.45, 7) is 1.86. The van der Waals surface area contributed by atoms with Crippen LogP contribution in [0.5, 0.6) is 5.75 Å². The van der Waals surface area contributed by atoms with Gasteiger partial charge in [0.1, 0.15) is 46.8 Å². The van der Waals surface area contributed by atoms with Crippen molar-refractivity contribution in [1.82, 2.24) is 20.3 Å². The van der Waals surface area contributed by atoms with Gasteiger partial charge in [-0.2, -0.15) is 5.06 Å². The zero-order valence-electron chi connectivity index (χ0n) is 34.5. The molecule has 3 aliphatic rings. The van der Waals surface area contributed by atoms with Gasteiger partial charge in [0.15, 0.2) is 10.8 Å². The number of ether oxygens (including phenoxy) is 2. The Labute approximate surface area is 371 Å². The first-order chi connectivity index (χ1) is 30.6. The first-order valence-corrected chi connectivity index (χ1v) is 22.0. The van der Waals surface area contributed by atoms with E-state index in [0.717, 1.165) is 22.3 Å². The number of carboxylic acid groups (broad SMARTS) is 1. The van der Waals surface area contributed by atoms with E-state index in [4.69, 9.17) is 24.1 Å². The average Bonchev–Trinajstić information content (AvgIpc) is 3.98. The van der Waals surface area contributed by atoms with E-state index in [1.54, 1.807) is 48.9 Å². The number of benzene rings is 4. The van der Waals surface area contributed by atoms with Crippen LogP contribution < -0.4 is 15.4 Å². The van der Waals surface area contributed by atoms with Gasteiger partial charge in [-0.25, -0.2) is 14.6 Å². The van der Waals surface area contributed by atoms with Gasteiger partial charge in [0, 0.05) is 30.3 Å². The normalized spacial score (nSPS) is 19.4. The quantitative estimate of drug-likeness (QED) is 0.0357. The SMILES string of the molecule is COc1ccc(COC(=O)C2=C([C@@H]3CCN(C)O3)CSC3C(NC(=O)/C(=N\OC(C)C(=O)O)c4csc(NC(c5ccccc5)(c5ccccc5)c5ccccc5)n4)C(=O)N23)cc1. The third-order valence-electron chi connectivity index (χ3n) is 10.9. The number of rotatable bonds is 16. The molecule has 4 aromatic carbocycles. The Kier molecular flexibility index (Phi) is 12.9. The number of nitrogens with zero attached hydrogens (tertiary/aromatic N) is 4. The van der Waals surface area contributed by atoms with Gasteiger partial charge >= 0.3 is 11.9 Å². The first kappa shape index (κ1) is 43.1. The molecule has 2 amide bonds. The molecule has 2 saturated heterocycles. The van der Waals surface area contributed by atoms with Gasteiger partial charge in [-0.05, 0) is 47.7 Å². The lowest BCUT2D eigenvalue weighted by molar-refractivity contribution is -0.154. The minimum atomic E-state index is -1.41. The molecule has 4 atom stereocenters. The number of carbonyl (C=O) groups is 4. The Morgan fingerprint density at radius 1 is 0.952 bits per heavy atom. The molecule has 17 heteroatoms. The van der Waals surface area contributed by atoms with E-state index >= 15 is 0 Å². The summed E-state index contributed by atoms with van der Waals surface area (Å²) in [5, 5.41) is 23.1. The summed E-state index contributed by atoms with van der Waals surface area (Å²) in [6.07, 6.45) is -1.25. The van der Waals surface area contributed by atoms with Crippen molar-refractivity contribution in [3.63, 3.8) is 0 Å². The number of amides is 2. The Bertz CT molecular complexity index is 2420. The van der Waals surface area contributed by atoms with E-state index in [-0.39, 0.29) is 23.7 Å².